The minimum Gasteiger partial charge on any atom is -0.507 e. The highest BCUT2D eigenvalue weighted by atomic mass is 79.9. The zero-order valence-electron chi connectivity index (χ0n) is 17.9. The first-order valence-electron chi connectivity index (χ1n) is 10.3. The van der Waals surface area contributed by atoms with Crippen LogP contribution in [-0.2, 0) is 9.59 Å². The Morgan fingerprint density at radius 3 is 2.52 bits per heavy atom. The molecule has 0 spiro atoms. The Bertz CT molecular complexity index is 1460. The predicted octanol–water partition coefficient (Wildman–Crippen LogP) is 6.30. The summed E-state index contributed by atoms with van der Waals surface area (Å²) in [6.45, 7) is 3.99. The van der Waals surface area contributed by atoms with Crippen LogP contribution in [0.25, 0.3) is 16.0 Å². The maximum atomic E-state index is 13.3. The molecule has 1 amide bonds. The van der Waals surface area contributed by atoms with Gasteiger partial charge in [0.2, 0.25) is 0 Å². The van der Waals surface area contributed by atoms with Crippen molar-refractivity contribution in [3.8, 4) is 0 Å². The van der Waals surface area contributed by atoms with Crippen molar-refractivity contribution in [1.29, 1.82) is 0 Å². The van der Waals surface area contributed by atoms with Crippen molar-refractivity contribution in [3.63, 3.8) is 0 Å². The third-order valence-corrected chi connectivity index (χ3v) is 7.18. The molecule has 0 saturated carbocycles. The van der Waals surface area contributed by atoms with E-state index in [0.29, 0.717) is 16.3 Å². The van der Waals surface area contributed by atoms with E-state index in [-0.39, 0.29) is 11.3 Å². The Morgan fingerprint density at radius 1 is 1.03 bits per heavy atom. The van der Waals surface area contributed by atoms with E-state index >= 15 is 0 Å². The molecule has 0 aliphatic carbocycles. The first-order valence-corrected chi connectivity index (χ1v) is 12.0. The van der Waals surface area contributed by atoms with Crippen LogP contribution in [-0.4, -0.2) is 21.8 Å². The average molecular weight is 519 g/mol. The summed E-state index contributed by atoms with van der Waals surface area (Å²) in [4.78, 5) is 32.8. The molecule has 1 aliphatic rings. The molecule has 0 radical (unpaired) electrons. The second kappa shape index (κ2) is 8.24. The van der Waals surface area contributed by atoms with Crippen LogP contribution in [0, 0.1) is 13.8 Å². The van der Waals surface area contributed by atoms with Crippen LogP contribution in [0.1, 0.15) is 28.3 Å². The Morgan fingerprint density at radius 2 is 1.79 bits per heavy atom. The number of ketones is 1. The predicted molar refractivity (Wildman–Crippen MR) is 134 cm³/mol. The number of rotatable bonds is 3. The summed E-state index contributed by atoms with van der Waals surface area (Å²) in [5, 5.41) is 11.6. The maximum Gasteiger partial charge on any atom is 0.301 e. The van der Waals surface area contributed by atoms with Crippen LogP contribution in [0.3, 0.4) is 0 Å². The van der Waals surface area contributed by atoms with E-state index in [1.807, 2.05) is 56.3 Å². The number of hydrogen-bond acceptors (Lipinski definition) is 5. The summed E-state index contributed by atoms with van der Waals surface area (Å²) in [5.74, 6) is -1.63. The summed E-state index contributed by atoms with van der Waals surface area (Å²) < 4.78 is 1.75. The van der Waals surface area contributed by atoms with E-state index in [1.54, 1.807) is 24.3 Å². The molecule has 0 unspecified atom stereocenters. The molecule has 1 atom stereocenters. The number of amides is 1. The molecular formula is C26H19BrN2O3S. The van der Waals surface area contributed by atoms with E-state index in [2.05, 4.69) is 15.9 Å². The number of aliphatic hydroxyl groups is 1. The third-order valence-electron chi connectivity index (χ3n) is 5.68. The summed E-state index contributed by atoms with van der Waals surface area (Å²) >= 11 is 4.85. The minimum absolute atomic E-state index is 0.0523. The number of anilines is 1. The zero-order valence-corrected chi connectivity index (χ0v) is 20.3. The van der Waals surface area contributed by atoms with Crippen molar-refractivity contribution < 1.29 is 14.7 Å². The quantitative estimate of drug-likeness (QED) is 0.196. The number of carbonyl (C=O) groups is 2. The van der Waals surface area contributed by atoms with Gasteiger partial charge in [-0.25, -0.2) is 4.98 Å². The Balaban J connectivity index is 1.76. The molecule has 164 valence electrons. The first kappa shape index (κ1) is 21.6. The van der Waals surface area contributed by atoms with Gasteiger partial charge >= 0.3 is 5.91 Å². The van der Waals surface area contributed by atoms with E-state index in [4.69, 9.17) is 4.98 Å². The SMILES string of the molecule is Cc1cc(C)c2nc(N3C(=O)C(=O)C(=C(O)c4ccccc4)[C@H]3c3cccc(Br)c3)sc2c1. The summed E-state index contributed by atoms with van der Waals surface area (Å²) in [6, 6.07) is 19.5. The lowest BCUT2D eigenvalue weighted by Crippen LogP contribution is -2.29. The fourth-order valence-corrected chi connectivity index (χ4v) is 5.82. The van der Waals surface area contributed by atoms with Gasteiger partial charge in [0.25, 0.3) is 5.78 Å². The van der Waals surface area contributed by atoms with Gasteiger partial charge in [0.05, 0.1) is 21.8 Å². The van der Waals surface area contributed by atoms with Crippen molar-refractivity contribution >= 4 is 60.1 Å². The van der Waals surface area contributed by atoms with E-state index in [9.17, 15) is 14.7 Å². The van der Waals surface area contributed by atoms with Crippen LogP contribution in [0.5, 0.6) is 0 Å². The molecule has 5 rings (SSSR count). The van der Waals surface area contributed by atoms with Crippen molar-refractivity contribution in [2.45, 2.75) is 19.9 Å². The van der Waals surface area contributed by atoms with Crippen LogP contribution in [0.15, 0.2) is 76.8 Å². The van der Waals surface area contributed by atoms with Crippen molar-refractivity contribution in [2.24, 2.45) is 0 Å². The summed E-state index contributed by atoms with van der Waals surface area (Å²) in [5.41, 5.74) is 4.15. The molecule has 4 aromatic rings. The molecule has 0 bridgehead atoms. The van der Waals surface area contributed by atoms with Gasteiger partial charge in [0.1, 0.15) is 5.76 Å². The fourth-order valence-electron chi connectivity index (χ4n) is 4.24. The van der Waals surface area contributed by atoms with Crippen LogP contribution in [0.4, 0.5) is 5.13 Å². The number of carbonyl (C=O) groups excluding carboxylic acids is 2. The number of thiazole rings is 1. The Labute approximate surface area is 203 Å². The first-order chi connectivity index (χ1) is 15.8. The van der Waals surface area contributed by atoms with Crippen molar-refractivity contribution in [3.05, 3.63) is 99.0 Å². The molecule has 1 aromatic heterocycles. The number of aryl methyl sites for hydroxylation is 2. The highest BCUT2D eigenvalue weighted by molar-refractivity contribution is 9.10. The lowest BCUT2D eigenvalue weighted by molar-refractivity contribution is -0.132. The molecule has 1 N–H and O–H groups in total. The maximum absolute atomic E-state index is 13.3. The molecule has 1 saturated heterocycles. The van der Waals surface area contributed by atoms with Crippen molar-refractivity contribution in [1.82, 2.24) is 4.98 Å². The molecule has 1 aliphatic heterocycles. The molecule has 5 nitrogen and oxygen atoms in total. The number of benzene rings is 3. The van der Waals surface area contributed by atoms with E-state index in [1.165, 1.54) is 16.2 Å². The molecule has 33 heavy (non-hydrogen) atoms. The largest absolute Gasteiger partial charge is 0.507 e. The van der Waals surface area contributed by atoms with Crippen LogP contribution >= 0.6 is 27.3 Å². The van der Waals surface area contributed by atoms with Gasteiger partial charge in [-0.15, -0.1) is 0 Å². The highest BCUT2D eigenvalue weighted by Gasteiger charge is 2.48. The number of hydrogen-bond donors (Lipinski definition) is 1. The molecule has 7 heteroatoms. The number of nitrogens with zero attached hydrogens (tertiary/aromatic N) is 2. The van der Waals surface area contributed by atoms with E-state index in [0.717, 1.165) is 25.8 Å². The second-order valence-corrected chi connectivity index (χ2v) is 9.94. The second-order valence-electron chi connectivity index (χ2n) is 8.02. The van der Waals surface area contributed by atoms with Crippen LogP contribution < -0.4 is 4.90 Å². The molecule has 2 heterocycles. The third kappa shape index (κ3) is 3.67. The van der Waals surface area contributed by atoms with E-state index < -0.39 is 17.7 Å². The number of aliphatic hydroxyl groups excluding tert-OH is 1. The number of fused-ring (bicyclic) bond motifs is 1. The van der Waals surface area contributed by atoms with Gasteiger partial charge in [-0.05, 0) is 48.7 Å². The Kier molecular flexibility index (Phi) is 5.38. The van der Waals surface area contributed by atoms with Gasteiger partial charge in [-0.2, -0.15) is 0 Å². The smallest absolute Gasteiger partial charge is 0.301 e. The Hall–Kier alpha value is -3.29. The summed E-state index contributed by atoms with van der Waals surface area (Å²) in [7, 11) is 0. The normalized spacial score (nSPS) is 17.8. The molecule has 1 fully saturated rings. The number of Topliss-reactive ketones (excluding diaryl/α,β-unsaturated/α-hetero) is 1. The van der Waals surface area contributed by atoms with Crippen molar-refractivity contribution in [2.75, 3.05) is 4.90 Å². The topological polar surface area (TPSA) is 70.5 Å². The van der Waals surface area contributed by atoms with Gasteiger partial charge in [0.15, 0.2) is 5.13 Å². The molecular weight excluding hydrogens is 500 g/mol. The lowest BCUT2D eigenvalue weighted by atomic mass is 9.95. The minimum atomic E-state index is -0.801. The van der Waals surface area contributed by atoms with Gasteiger partial charge in [0, 0.05) is 10.0 Å². The lowest BCUT2D eigenvalue weighted by Gasteiger charge is -2.23. The molecule has 3 aromatic carbocycles. The number of aromatic nitrogens is 1. The standard InChI is InChI=1S/C26H19BrN2O3S/c1-14-11-15(2)21-19(12-14)33-26(28-21)29-22(17-9-6-10-18(27)13-17)20(24(31)25(29)32)23(30)16-7-4-3-5-8-16/h3-13,22,30H,1-2H3/t22-/m1/s1. The van der Waals surface area contributed by atoms with Gasteiger partial charge < -0.3 is 5.11 Å². The highest BCUT2D eigenvalue weighted by Crippen LogP contribution is 2.45. The van der Waals surface area contributed by atoms with Crippen LogP contribution in [0.2, 0.25) is 0 Å². The fraction of sp³-hybridized carbons (Fsp3) is 0.115. The van der Waals surface area contributed by atoms with Gasteiger partial charge in [-0.3, -0.25) is 14.5 Å². The number of halogens is 1. The monoisotopic (exact) mass is 518 g/mol. The van der Waals surface area contributed by atoms with Gasteiger partial charge in [-0.1, -0.05) is 75.8 Å². The average Bonchev–Trinajstić information content (AvgIpc) is 3.33. The summed E-state index contributed by atoms with van der Waals surface area (Å²) in [6.07, 6.45) is 0. The zero-order chi connectivity index (χ0) is 23.3.